The molecule has 9 heteroatoms. The van der Waals surface area contributed by atoms with Crippen LogP contribution in [0.2, 0.25) is 5.02 Å². The van der Waals surface area contributed by atoms with Crippen LogP contribution >= 0.6 is 11.6 Å². The van der Waals surface area contributed by atoms with Crippen molar-refractivity contribution in [3.8, 4) is 0 Å². The van der Waals surface area contributed by atoms with Crippen LogP contribution in [0.5, 0.6) is 0 Å². The highest BCUT2D eigenvalue weighted by Crippen LogP contribution is 2.29. The van der Waals surface area contributed by atoms with E-state index in [0.717, 1.165) is 32.1 Å². The summed E-state index contributed by atoms with van der Waals surface area (Å²) in [7, 11) is -4.20. The second-order valence-electron chi connectivity index (χ2n) is 11.6. The Balaban J connectivity index is 1.82. The molecule has 0 aliphatic carbocycles. The number of anilines is 1. The van der Waals surface area contributed by atoms with E-state index in [9.17, 15) is 18.0 Å². The molecule has 1 N–H and O–H groups in total. The molecule has 0 aliphatic rings. The van der Waals surface area contributed by atoms with Crippen molar-refractivity contribution in [1.29, 1.82) is 0 Å². The quantitative estimate of drug-likeness (QED) is 0.188. The van der Waals surface area contributed by atoms with Crippen LogP contribution in [0, 0.1) is 20.8 Å². The van der Waals surface area contributed by atoms with Crippen molar-refractivity contribution in [2.45, 2.75) is 64.6 Å². The van der Waals surface area contributed by atoms with E-state index in [1.54, 1.807) is 30.3 Å². The van der Waals surface area contributed by atoms with Gasteiger partial charge in [-0.3, -0.25) is 13.9 Å². The van der Waals surface area contributed by atoms with Crippen molar-refractivity contribution in [2.24, 2.45) is 0 Å². The molecule has 4 aromatic carbocycles. The molecule has 0 aromatic heterocycles. The normalized spacial score (nSPS) is 12.1. The van der Waals surface area contributed by atoms with Gasteiger partial charge in [-0.2, -0.15) is 0 Å². The Kier molecular flexibility index (Phi) is 11.1. The number of sulfonamides is 1. The highest BCUT2D eigenvalue weighted by Gasteiger charge is 2.35. The van der Waals surface area contributed by atoms with Gasteiger partial charge in [0, 0.05) is 24.0 Å². The number of nitrogens with one attached hydrogen (secondary N) is 1. The summed E-state index contributed by atoms with van der Waals surface area (Å²) < 4.78 is 29.4. The minimum Gasteiger partial charge on any atom is -0.352 e. The van der Waals surface area contributed by atoms with Crippen LogP contribution in [0.4, 0.5) is 5.69 Å². The van der Waals surface area contributed by atoms with Gasteiger partial charge in [-0.05, 0) is 75.6 Å². The molecule has 4 rings (SSSR count). The Labute approximate surface area is 271 Å². The third-order valence-electron chi connectivity index (χ3n) is 7.51. The van der Waals surface area contributed by atoms with Crippen molar-refractivity contribution in [3.05, 3.63) is 130 Å². The van der Waals surface area contributed by atoms with E-state index in [4.69, 9.17) is 11.6 Å². The van der Waals surface area contributed by atoms with Crippen LogP contribution in [0.25, 0.3) is 0 Å². The largest absolute Gasteiger partial charge is 0.352 e. The van der Waals surface area contributed by atoms with Crippen molar-refractivity contribution >= 4 is 39.1 Å². The monoisotopic (exact) mass is 645 g/mol. The number of aryl methyl sites for hydroxylation is 3. The van der Waals surface area contributed by atoms with Gasteiger partial charge in [-0.25, -0.2) is 8.42 Å². The van der Waals surface area contributed by atoms with Crippen molar-refractivity contribution in [3.63, 3.8) is 0 Å². The summed E-state index contributed by atoms with van der Waals surface area (Å²) in [5.74, 6) is -0.844. The van der Waals surface area contributed by atoms with Crippen molar-refractivity contribution in [2.75, 3.05) is 10.8 Å². The van der Waals surface area contributed by atoms with Crippen molar-refractivity contribution in [1.82, 2.24) is 10.2 Å². The molecule has 7 nitrogen and oxygen atoms in total. The van der Waals surface area contributed by atoms with E-state index in [1.165, 1.54) is 17.0 Å². The summed E-state index contributed by atoms with van der Waals surface area (Å²) in [6.45, 7) is 8.95. The second kappa shape index (κ2) is 14.8. The van der Waals surface area contributed by atoms with Gasteiger partial charge in [0.15, 0.2) is 0 Å². The van der Waals surface area contributed by atoms with Gasteiger partial charge >= 0.3 is 0 Å². The summed E-state index contributed by atoms with van der Waals surface area (Å²) in [4.78, 5) is 29.8. The first-order valence-electron chi connectivity index (χ1n) is 14.9. The Bertz CT molecular complexity index is 1720. The highest BCUT2D eigenvalue weighted by molar-refractivity contribution is 7.92. The Morgan fingerprint density at radius 2 is 1.40 bits per heavy atom. The molecule has 0 bridgehead atoms. The zero-order valence-electron chi connectivity index (χ0n) is 26.3. The summed E-state index contributed by atoms with van der Waals surface area (Å²) in [6, 6.07) is 27.5. The van der Waals surface area contributed by atoms with Crippen LogP contribution in [-0.2, 0) is 32.6 Å². The fourth-order valence-electron chi connectivity index (χ4n) is 4.93. The van der Waals surface area contributed by atoms with Crippen LogP contribution in [0.3, 0.4) is 0 Å². The lowest BCUT2D eigenvalue weighted by Gasteiger charge is -2.34. The summed E-state index contributed by atoms with van der Waals surface area (Å²) >= 11 is 6.45. The molecule has 4 aromatic rings. The predicted molar refractivity (Wildman–Crippen MR) is 181 cm³/mol. The molecule has 2 amide bonds. The van der Waals surface area contributed by atoms with E-state index in [-0.39, 0.29) is 35.5 Å². The van der Waals surface area contributed by atoms with Crippen LogP contribution < -0.4 is 9.62 Å². The third kappa shape index (κ3) is 8.74. The fraction of sp³-hybridized carbons (Fsp3) is 0.278. The van der Waals surface area contributed by atoms with Crippen LogP contribution in [0.1, 0.15) is 41.7 Å². The van der Waals surface area contributed by atoms with Gasteiger partial charge in [0.25, 0.3) is 10.0 Å². The molecule has 0 unspecified atom stereocenters. The highest BCUT2D eigenvalue weighted by atomic mass is 35.5. The topological polar surface area (TPSA) is 86.8 Å². The van der Waals surface area contributed by atoms with E-state index >= 15 is 0 Å². The maximum absolute atomic E-state index is 14.5. The minimum absolute atomic E-state index is 0.0427. The standard InChI is InChI=1S/C36H40ClN3O4S/c1-25(2)38-36(42)34(21-29-9-7-6-8-10-29)39(23-30-16-11-26(3)12-17-30)35(41)24-40(31-18-15-28(5)33(37)22-31)45(43,44)32-19-13-27(4)14-20-32/h6-20,22,25,34H,21,23-24H2,1-5H3,(H,38,42)/t34-/m1/s1. The average Bonchev–Trinajstić information content (AvgIpc) is 3.00. The number of rotatable bonds is 12. The number of nitrogens with zero attached hydrogens (tertiary/aromatic N) is 2. The molecular weight excluding hydrogens is 606 g/mol. The van der Waals surface area contributed by atoms with E-state index < -0.39 is 28.5 Å². The SMILES string of the molecule is Cc1ccc(CN(C(=O)CN(c2ccc(C)c(Cl)c2)S(=O)(=O)c2ccc(C)cc2)[C@H](Cc2ccccc2)C(=O)NC(C)C)cc1. The second-order valence-corrected chi connectivity index (χ2v) is 13.9. The lowest BCUT2D eigenvalue weighted by Crippen LogP contribution is -2.54. The maximum Gasteiger partial charge on any atom is 0.264 e. The van der Waals surface area contributed by atoms with E-state index in [2.05, 4.69) is 5.32 Å². The van der Waals surface area contributed by atoms with Gasteiger partial charge in [-0.1, -0.05) is 95.5 Å². The smallest absolute Gasteiger partial charge is 0.264 e. The molecule has 0 aliphatic heterocycles. The Morgan fingerprint density at radius 1 is 0.800 bits per heavy atom. The Morgan fingerprint density at radius 3 is 1.98 bits per heavy atom. The molecule has 0 radical (unpaired) electrons. The summed E-state index contributed by atoms with van der Waals surface area (Å²) in [5, 5.41) is 3.35. The number of amides is 2. The third-order valence-corrected chi connectivity index (χ3v) is 9.70. The number of carbonyl (C=O) groups excluding carboxylic acids is 2. The Hall–Kier alpha value is -4.14. The zero-order valence-corrected chi connectivity index (χ0v) is 27.9. The van der Waals surface area contributed by atoms with Gasteiger partial charge in [-0.15, -0.1) is 0 Å². The molecule has 236 valence electrons. The summed E-state index contributed by atoms with van der Waals surface area (Å²) in [6.07, 6.45) is 0.248. The first-order chi connectivity index (χ1) is 21.3. The number of hydrogen-bond donors (Lipinski definition) is 1. The van der Waals surface area contributed by atoms with Gasteiger partial charge < -0.3 is 10.2 Å². The van der Waals surface area contributed by atoms with E-state index in [0.29, 0.717) is 5.02 Å². The molecule has 0 heterocycles. The molecule has 0 fully saturated rings. The molecule has 45 heavy (non-hydrogen) atoms. The predicted octanol–water partition coefficient (Wildman–Crippen LogP) is 6.63. The van der Waals surface area contributed by atoms with Gasteiger partial charge in [0.2, 0.25) is 11.8 Å². The van der Waals surface area contributed by atoms with E-state index in [1.807, 2.05) is 89.2 Å². The minimum atomic E-state index is -4.20. The number of benzene rings is 4. The number of carbonyl (C=O) groups is 2. The molecule has 0 saturated heterocycles. The van der Waals surface area contributed by atoms with Crippen LogP contribution in [-0.4, -0.2) is 43.8 Å². The number of hydrogen-bond acceptors (Lipinski definition) is 4. The molecular formula is C36H40ClN3O4S. The average molecular weight is 646 g/mol. The lowest BCUT2D eigenvalue weighted by molar-refractivity contribution is -0.140. The number of halogens is 1. The lowest BCUT2D eigenvalue weighted by atomic mass is 10.0. The first-order valence-corrected chi connectivity index (χ1v) is 16.7. The summed E-state index contributed by atoms with van der Waals surface area (Å²) in [5.41, 5.74) is 4.67. The van der Waals surface area contributed by atoms with Crippen LogP contribution in [0.15, 0.2) is 102 Å². The zero-order chi connectivity index (χ0) is 32.7. The van der Waals surface area contributed by atoms with Crippen molar-refractivity contribution < 1.29 is 18.0 Å². The fourth-order valence-corrected chi connectivity index (χ4v) is 6.51. The molecule has 0 spiro atoms. The first kappa shape index (κ1) is 33.7. The molecule has 1 atom stereocenters. The van der Waals surface area contributed by atoms with Gasteiger partial charge in [0.05, 0.1) is 10.6 Å². The van der Waals surface area contributed by atoms with Gasteiger partial charge in [0.1, 0.15) is 12.6 Å². The molecule has 0 saturated carbocycles. The maximum atomic E-state index is 14.5.